The van der Waals surface area contributed by atoms with Gasteiger partial charge in [0.05, 0.1) is 11.8 Å². The highest BCUT2D eigenvalue weighted by atomic mass is 32.1. The maximum atomic E-state index is 5.75. The minimum atomic E-state index is 0.387. The van der Waals surface area contributed by atoms with Crippen LogP contribution in [0.5, 0.6) is 0 Å². The normalized spacial score (nSPS) is 10.3. The molecule has 1 aromatic rings. The lowest BCUT2D eigenvalue weighted by Gasteiger charge is -2.24. The van der Waals surface area contributed by atoms with Gasteiger partial charge in [-0.15, -0.1) is 5.10 Å². The molecule has 18 heavy (non-hydrogen) atoms. The van der Waals surface area contributed by atoms with Gasteiger partial charge in [0.1, 0.15) is 4.99 Å². The molecule has 100 valence electrons. The summed E-state index contributed by atoms with van der Waals surface area (Å²) >= 11 is 5.08. The second-order valence-electron chi connectivity index (χ2n) is 4.33. The molecule has 0 radical (unpaired) electrons. The van der Waals surface area contributed by atoms with Crippen LogP contribution in [0.2, 0.25) is 0 Å². The number of nitrogens with zero attached hydrogens (tertiary/aromatic N) is 3. The van der Waals surface area contributed by atoms with Crippen LogP contribution in [0.1, 0.15) is 45.1 Å². The molecule has 0 atom stereocenters. The molecular weight excluding hydrogens is 244 g/mol. The molecule has 4 nitrogen and oxygen atoms in total. The van der Waals surface area contributed by atoms with Crippen molar-refractivity contribution in [1.29, 1.82) is 0 Å². The Morgan fingerprint density at radius 1 is 1.28 bits per heavy atom. The van der Waals surface area contributed by atoms with Gasteiger partial charge in [0.2, 0.25) is 0 Å². The Kier molecular flexibility index (Phi) is 6.57. The van der Waals surface area contributed by atoms with Crippen LogP contribution in [0.4, 0.5) is 5.82 Å². The van der Waals surface area contributed by atoms with Crippen molar-refractivity contribution in [2.24, 2.45) is 5.73 Å². The summed E-state index contributed by atoms with van der Waals surface area (Å²) in [5.74, 6) is 0.826. The summed E-state index contributed by atoms with van der Waals surface area (Å²) in [5, 5.41) is 8.17. The molecule has 5 heteroatoms. The molecule has 0 amide bonds. The Morgan fingerprint density at radius 3 is 2.39 bits per heavy atom. The van der Waals surface area contributed by atoms with E-state index in [9.17, 15) is 0 Å². The highest BCUT2D eigenvalue weighted by molar-refractivity contribution is 7.80. The van der Waals surface area contributed by atoms with Crippen LogP contribution in [-0.2, 0) is 0 Å². The van der Waals surface area contributed by atoms with Crippen LogP contribution in [0, 0.1) is 0 Å². The lowest BCUT2D eigenvalue weighted by molar-refractivity contribution is 0.666. The highest BCUT2D eigenvalue weighted by Crippen LogP contribution is 2.17. The van der Waals surface area contributed by atoms with Crippen LogP contribution >= 0.6 is 12.2 Å². The van der Waals surface area contributed by atoms with E-state index in [2.05, 4.69) is 28.9 Å². The zero-order valence-electron chi connectivity index (χ0n) is 11.2. The molecule has 0 aromatic carbocycles. The third kappa shape index (κ3) is 4.22. The summed E-state index contributed by atoms with van der Waals surface area (Å²) in [4.78, 5) is 2.63. The van der Waals surface area contributed by atoms with E-state index < -0.39 is 0 Å². The summed E-state index contributed by atoms with van der Waals surface area (Å²) < 4.78 is 0. The van der Waals surface area contributed by atoms with Gasteiger partial charge in [-0.2, -0.15) is 5.10 Å². The van der Waals surface area contributed by atoms with E-state index in [0.717, 1.165) is 50.2 Å². The van der Waals surface area contributed by atoms with Crippen LogP contribution in [0.25, 0.3) is 0 Å². The fourth-order valence-electron chi connectivity index (χ4n) is 1.77. The molecule has 1 aromatic heterocycles. The lowest BCUT2D eigenvalue weighted by atomic mass is 10.2. The van der Waals surface area contributed by atoms with E-state index in [1.54, 1.807) is 6.20 Å². The van der Waals surface area contributed by atoms with Crippen LogP contribution in [-0.4, -0.2) is 28.3 Å². The van der Waals surface area contributed by atoms with Crippen LogP contribution in [0.3, 0.4) is 0 Å². The van der Waals surface area contributed by atoms with E-state index in [1.807, 2.05) is 6.07 Å². The topological polar surface area (TPSA) is 55.0 Å². The first-order valence-corrected chi connectivity index (χ1v) is 6.98. The van der Waals surface area contributed by atoms with E-state index in [4.69, 9.17) is 18.0 Å². The zero-order valence-corrected chi connectivity index (χ0v) is 12.0. The predicted molar refractivity (Wildman–Crippen MR) is 79.9 cm³/mol. The number of nitrogens with two attached hydrogens (primary N) is 1. The van der Waals surface area contributed by atoms with Gasteiger partial charge < -0.3 is 10.6 Å². The van der Waals surface area contributed by atoms with Crippen molar-refractivity contribution in [3.63, 3.8) is 0 Å². The Labute approximate surface area is 115 Å². The van der Waals surface area contributed by atoms with Crippen molar-refractivity contribution in [2.45, 2.75) is 39.5 Å². The average molecular weight is 266 g/mol. The molecule has 0 spiro atoms. The third-order valence-corrected chi connectivity index (χ3v) is 3.05. The molecule has 0 aliphatic heterocycles. The molecule has 1 rings (SSSR count). The van der Waals surface area contributed by atoms with Gasteiger partial charge in [-0.05, 0) is 18.9 Å². The second kappa shape index (κ2) is 7.97. The van der Waals surface area contributed by atoms with Crippen molar-refractivity contribution in [3.8, 4) is 0 Å². The Hall–Kier alpha value is -1.23. The minimum Gasteiger partial charge on any atom is -0.389 e. The summed E-state index contributed by atoms with van der Waals surface area (Å²) in [6, 6.07) is 1.84. The maximum Gasteiger partial charge on any atom is 0.161 e. The number of rotatable bonds is 8. The Morgan fingerprint density at radius 2 is 1.89 bits per heavy atom. The molecular formula is C13H22N4S. The van der Waals surface area contributed by atoms with Crippen molar-refractivity contribution in [1.82, 2.24) is 10.2 Å². The number of thiocarbonyl (C=S) groups is 1. The SMILES string of the molecule is CCCCN(CCCC)c1nnccc1C(N)=S. The summed E-state index contributed by atoms with van der Waals surface area (Å²) in [6.07, 6.45) is 6.22. The summed E-state index contributed by atoms with van der Waals surface area (Å²) in [6.45, 7) is 6.32. The average Bonchev–Trinajstić information content (AvgIpc) is 2.39. The number of unbranched alkanes of at least 4 members (excludes halogenated alkanes) is 2. The van der Waals surface area contributed by atoms with E-state index in [1.165, 1.54) is 0 Å². The first kappa shape index (κ1) is 14.8. The monoisotopic (exact) mass is 266 g/mol. The predicted octanol–water partition coefficient (Wildman–Crippen LogP) is 2.52. The fraction of sp³-hybridized carbons (Fsp3) is 0.615. The standard InChI is InChI=1S/C13H22N4S/c1-3-5-9-17(10-6-4-2)13-11(12(14)18)7-8-15-16-13/h7-8H,3-6,9-10H2,1-2H3,(H2,14,18). The van der Waals surface area contributed by atoms with Gasteiger partial charge in [0, 0.05) is 13.1 Å². The number of aromatic nitrogens is 2. The first-order chi connectivity index (χ1) is 8.70. The molecule has 0 unspecified atom stereocenters. The Bertz CT molecular complexity index is 373. The quantitative estimate of drug-likeness (QED) is 0.733. The van der Waals surface area contributed by atoms with Gasteiger partial charge in [-0.25, -0.2) is 0 Å². The van der Waals surface area contributed by atoms with E-state index in [-0.39, 0.29) is 0 Å². The van der Waals surface area contributed by atoms with Crippen molar-refractivity contribution >= 4 is 23.0 Å². The molecule has 0 aliphatic carbocycles. The van der Waals surface area contributed by atoms with Crippen molar-refractivity contribution in [3.05, 3.63) is 17.8 Å². The minimum absolute atomic E-state index is 0.387. The lowest BCUT2D eigenvalue weighted by Crippen LogP contribution is -2.29. The molecule has 1 heterocycles. The molecule has 0 saturated carbocycles. The second-order valence-corrected chi connectivity index (χ2v) is 4.77. The van der Waals surface area contributed by atoms with Gasteiger partial charge in [-0.1, -0.05) is 38.9 Å². The smallest absolute Gasteiger partial charge is 0.161 e. The van der Waals surface area contributed by atoms with Crippen LogP contribution < -0.4 is 10.6 Å². The van der Waals surface area contributed by atoms with Gasteiger partial charge in [0.15, 0.2) is 5.82 Å². The molecule has 0 bridgehead atoms. The zero-order chi connectivity index (χ0) is 13.4. The van der Waals surface area contributed by atoms with Gasteiger partial charge in [-0.3, -0.25) is 0 Å². The fourth-order valence-corrected chi connectivity index (χ4v) is 1.93. The van der Waals surface area contributed by atoms with Crippen molar-refractivity contribution in [2.75, 3.05) is 18.0 Å². The molecule has 0 aliphatic rings. The number of hydrogen-bond donors (Lipinski definition) is 1. The molecule has 0 fully saturated rings. The number of hydrogen-bond acceptors (Lipinski definition) is 4. The van der Waals surface area contributed by atoms with E-state index >= 15 is 0 Å². The van der Waals surface area contributed by atoms with Crippen molar-refractivity contribution < 1.29 is 0 Å². The molecule has 2 N–H and O–H groups in total. The summed E-state index contributed by atoms with van der Waals surface area (Å²) in [7, 11) is 0. The summed E-state index contributed by atoms with van der Waals surface area (Å²) in [5.41, 5.74) is 6.57. The highest BCUT2D eigenvalue weighted by Gasteiger charge is 2.14. The first-order valence-electron chi connectivity index (χ1n) is 6.57. The van der Waals surface area contributed by atoms with Gasteiger partial charge in [0.25, 0.3) is 0 Å². The molecule has 0 saturated heterocycles. The van der Waals surface area contributed by atoms with E-state index in [0.29, 0.717) is 4.99 Å². The maximum absolute atomic E-state index is 5.75. The Balaban J connectivity index is 2.92. The largest absolute Gasteiger partial charge is 0.389 e. The van der Waals surface area contributed by atoms with Crippen LogP contribution in [0.15, 0.2) is 12.3 Å². The third-order valence-electron chi connectivity index (χ3n) is 2.83. The van der Waals surface area contributed by atoms with Gasteiger partial charge >= 0.3 is 0 Å². The number of anilines is 1.